The molecule has 2 N–H and O–H groups in total. The van der Waals surface area contributed by atoms with E-state index in [1.807, 2.05) is 50.5 Å². The summed E-state index contributed by atoms with van der Waals surface area (Å²) in [4.78, 5) is 25.9. The number of rotatable bonds is 5. The fraction of sp³-hybridized carbons (Fsp3) is 0.345. The molecule has 2 aliphatic heterocycles. The standard InChI is InChI=1S/C29H31F3N6O/c1-18-23-14-33-15-24(25(23)16-34-18)19-6-9-21(10-7-19)35-28(39)36-26-13-20(29(30,31)32)8-11-27(26)38-12-4-5-22(17-38)37(2)3/h6-11,13-16,18,22H,4-5,12,17H2,1-3H3,(H2,35,36,39). The number of halogens is 3. The molecule has 5 rings (SSSR count). The van der Waals surface area contributed by atoms with Crippen LogP contribution in [0.2, 0.25) is 0 Å². The average Bonchev–Trinajstić information content (AvgIpc) is 3.29. The van der Waals surface area contributed by atoms with E-state index in [-0.39, 0.29) is 17.8 Å². The number of piperidine rings is 1. The third-order valence-electron chi connectivity index (χ3n) is 7.39. The molecule has 2 atom stereocenters. The van der Waals surface area contributed by atoms with Crippen LogP contribution < -0.4 is 15.5 Å². The number of nitrogens with one attached hydrogen (secondary N) is 2. The van der Waals surface area contributed by atoms with Crippen molar-refractivity contribution in [3.05, 3.63) is 71.5 Å². The van der Waals surface area contributed by atoms with Crippen LogP contribution in [-0.4, -0.2) is 55.4 Å². The molecular formula is C29H31F3N6O. The Labute approximate surface area is 225 Å². The van der Waals surface area contributed by atoms with E-state index < -0.39 is 17.8 Å². The Hall–Kier alpha value is -3.92. The van der Waals surface area contributed by atoms with Crippen molar-refractivity contribution in [3.63, 3.8) is 0 Å². The first-order chi connectivity index (χ1) is 18.6. The molecular weight excluding hydrogens is 505 g/mol. The highest BCUT2D eigenvalue weighted by molar-refractivity contribution is 6.02. The summed E-state index contributed by atoms with van der Waals surface area (Å²) in [5.74, 6) is 0. The van der Waals surface area contributed by atoms with Crippen molar-refractivity contribution in [3.8, 4) is 11.1 Å². The maximum atomic E-state index is 13.5. The van der Waals surface area contributed by atoms with Crippen LogP contribution in [0.3, 0.4) is 0 Å². The van der Waals surface area contributed by atoms with Crippen LogP contribution in [0, 0.1) is 0 Å². The lowest BCUT2D eigenvalue weighted by molar-refractivity contribution is -0.137. The quantitative estimate of drug-likeness (QED) is 0.394. The topological polar surface area (TPSA) is 72.9 Å². The van der Waals surface area contributed by atoms with E-state index in [0.29, 0.717) is 24.5 Å². The number of nitrogens with zero attached hydrogens (tertiary/aromatic N) is 4. The average molecular weight is 537 g/mol. The van der Waals surface area contributed by atoms with Crippen molar-refractivity contribution in [2.75, 3.05) is 42.7 Å². The molecule has 0 aliphatic carbocycles. The number of alkyl halides is 3. The van der Waals surface area contributed by atoms with Gasteiger partial charge in [0.05, 0.1) is 23.0 Å². The lowest BCUT2D eigenvalue weighted by Crippen LogP contribution is -2.45. The van der Waals surface area contributed by atoms with Gasteiger partial charge >= 0.3 is 12.2 Å². The lowest BCUT2D eigenvalue weighted by atomic mass is 9.98. The maximum Gasteiger partial charge on any atom is 0.416 e. The molecule has 1 fully saturated rings. The first-order valence-corrected chi connectivity index (χ1v) is 12.9. The Bertz CT molecular complexity index is 1390. The minimum atomic E-state index is -4.52. The minimum absolute atomic E-state index is 0.0662. The van der Waals surface area contributed by atoms with Gasteiger partial charge in [-0.3, -0.25) is 9.98 Å². The van der Waals surface area contributed by atoms with Gasteiger partial charge in [-0.05, 0) is 69.8 Å². The highest BCUT2D eigenvalue weighted by Crippen LogP contribution is 2.37. The van der Waals surface area contributed by atoms with E-state index in [2.05, 4.69) is 25.5 Å². The first kappa shape index (κ1) is 26.7. The number of amides is 2. The number of carbonyl (C=O) groups excluding carboxylic acids is 1. The van der Waals surface area contributed by atoms with Crippen LogP contribution in [0.5, 0.6) is 0 Å². The van der Waals surface area contributed by atoms with Gasteiger partial charge in [-0.25, -0.2) is 4.79 Å². The van der Waals surface area contributed by atoms with Crippen molar-refractivity contribution >= 4 is 29.3 Å². The summed E-state index contributed by atoms with van der Waals surface area (Å²) in [6.07, 6.45) is 2.86. The molecule has 204 valence electrons. The number of aliphatic imine (C=N–C) groups is 1. The largest absolute Gasteiger partial charge is 0.416 e. The van der Waals surface area contributed by atoms with E-state index in [0.717, 1.165) is 47.2 Å². The van der Waals surface area contributed by atoms with Crippen molar-refractivity contribution in [2.24, 2.45) is 4.99 Å². The van der Waals surface area contributed by atoms with Crippen LogP contribution in [0.4, 0.5) is 35.0 Å². The Morgan fingerprint density at radius 2 is 1.85 bits per heavy atom. The molecule has 0 saturated carbocycles. The lowest BCUT2D eigenvalue weighted by Gasteiger charge is -2.38. The van der Waals surface area contributed by atoms with Crippen LogP contribution in [-0.2, 0) is 6.18 Å². The third-order valence-corrected chi connectivity index (χ3v) is 7.39. The van der Waals surface area contributed by atoms with Crippen LogP contribution in [0.25, 0.3) is 11.1 Å². The first-order valence-electron chi connectivity index (χ1n) is 12.9. The summed E-state index contributed by atoms with van der Waals surface area (Å²) in [5, 5.41) is 5.41. The van der Waals surface area contributed by atoms with Gasteiger partial charge in [-0.2, -0.15) is 13.2 Å². The molecule has 2 aromatic carbocycles. The molecule has 0 bridgehead atoms. The van der Waals surface area contributed by atoms with E-state index >= 15 is 0 Å². The molecule has 3 heterocycles. The van der Waals surface area contributed by atoms with Crippen molar-refractivity contribution in [2.45, 2.75) is 38.0 Å². The predicted octanol–water partition coefficient (Wildman–Crippen LogP) is 6.44. The van der Waals surface area contributed by atoms with Gasteiger partial charge in [-0.1, -0.05) is 12.1 Å². The fourth-order valence-electron chi connectivity index (χ4n) is 5.16. The second-order valence-electron chi connectivity index (χ2n) is 10.2. The van der Waals surface area contributed by atoms with Gasteiger partial charge in [0.25, 0.3) is 0 Å². The van der Waals surface area contributed by atoms with E-state index in [9.17, 15) is 18.0 Å². The fourth-order valence-corrected chi connectivity index (χ4v) is 5.16. The molecule has 39 heavy (non-hydrogen) atoms. The molecule has 1 aromatic heterocycles. The second-order valence-corrected chi connectivity index (χ2v) is 10.2. The highest BCUT2D eigenvalue weighted by atomic mass is 19.4. The summed E-state index contributed by atoms with van der Waals surface area (Å²) in [5.41, 5.74) is 4.36. The highest BCUT2D eigenvalue weighted by Gasteiger charge is 2.32. The van der Waals surface area contributed by atoms with E-state index in [4.69, 9.17) is 0 Å². The van der Waals surface area contributed by atoms with Crippen LogP contribution in [0.1, 0.15) is 42.5 Å². The molecule has 0 spiro atoms. The Kier molecular flexibility index (Phi) is 7.31. The molecule has 7 nitrogen and oxygen atoms in total. The Balaban J connectivity index is 1.34. The zero-order valence-electron chi connectivity index (χ0n) is 22.1. The number of fused-ring (bicyclic) bond motifs is 1. The molecule has 0 radical (unpaired) electrons. The number of hydrogen-bond acceptors (Lipinski definition) is 5. The molecule has 3 aromatic rings. The van der Waals surface area contributed by atoms with Crippen LogP contribution >= 0.6 is 0 Å². The number of pyridine rings is 1. The Morgan fingerprint density at radius 3 is 2.56 bits per heavy atom. The number of likely N-dealkylation sites (N-methyl/N-ethyl adjacent to an activating group) is 1. The predicted molar refractivity (Wildman–Crippen MR) is 149 cm³/mol. The van der Waals surface area contributed by atoms with Gasteiger partial charge in [-0.15, -0.1) is 0 Å². The summed E-state index contributed by atoms with van der Waals surface area (Å²) < 4.78 is 40.5. The number of benzene rings is 2. The molecule has 2 amide bonds. The van der Waals surface area contributed by atoms with Crippen molar-refractivity contribution < 1.29 is 18.0 Å². The van der Waals surface area contributed by atoms with Gasteiger partial charge < -0.3 is 20.4 Å². The summed E-state index contributed by atoms with van der Waals surface area (Å²) >= 11 is 0. The molecule has 2 aliphatic rings. The normalized spacial score (nSPS) is 18.8. The minimum Gasteiger partial charge on any atom is -0.368 e. The zero-order valence-corrected chi connectivity index (χ0v) is 22.1. The van der Waals surface area contributed by atoms with Crippen molar-refractivity contribution in [1.82, 2.24) is 9.88 Å². The smallest absolute Gasteiger partial charge is 0.368 e. The number of hydrogen-bond donors (Lipinski definition) is 2. The zero-order chi connectivity index (χ0) is 27.7. The number of urea groups is 1. The molecule has 1 saturated heterocycles. The van der Waals surface area contributed by atoms with Gasteiger partial charge in [0.1, 0.15) is 0 Å². The number of carbonyl (C=O) groups is 1. The molecule has 2 unspecified atom stereocenters. The van der Waals surface area contributed by atoms with E-state index in [1.165, 1.54) is 6.07 Å². The second kappa shape index (κ2) is 10.7. The maximum absolute atomic E-state index is 13.5. The van der Waals surface area contributed by atoms with Gasteiger partial charge in [0.2, 0.25) is 0 Å². The SMILES string of the molecule is CC1N=Cc2c(-c3ccc(NC(=O)Nc4cc(C(F)(F)F)ccc4N4CCCC(N(C)C)C4)cc3)cncc21. The van der Waals surface area contributed by atoms with Gasteiger partial charge in [0, 0.05) is 60.1 Å². The summed E-state index contributed by atoms with van der Waals surface area (Å²) in [6, 6.07) is 10.5. The number of aromatic nitrogens is 1. The Morgan fingerprint density at radius 1 is 1.08 bits per heavy atom. The monoisotopic (exact) mass is 536 g/mol. The number of anilines is 3. The summed E-state index contributed by atoms with van der Waals surface area (Å²) in [6.45, 7) is 3.38. The molecule has 10 heteroatoms. The van der Waals surface area contributed by atoms with Gasteiger partial charge in [0.15, 0.2) is 0 Å². The van der Waals surface area contributed by atoms with Crippen LogP contribution in [0.15, 0.2) is 59.9 Å². The third kappa shape index (κ3) is 5.75. The van der Waals surface area contributed by atoms with Crippen molar-refractivity contribution in [1.29, 1.82) is 0 Å². The van der Waals surface area contributed by atoms with E-state index in [1.54, 1.807) is 18.3 Å². The summed E-state index contributed by atoms with van der Waals surface area (Å²) in [7, 11) is 3.99.